The summed E-state index contributed by atoms with van der Waals surface area (Å²) >= 11 is 0. The lowest BCUT2D eigenvalue weighted by Crippen LogP contribution is -2.13. The van der Waals surface area contributed by atoms with Gasteiger partial charge in [-0.2, -0.15) is 0 Å². The van der Waals surface area contributed by atoms with Crippen molar-refractivity contribution in [1.82, 2.24) is 0 Å². The summed E-state index contributed by atoms with van der Waals surface area (Å²) in [5.41, 5.74) is 1.52. The zero-order chi connectivity index (χ0) is 13.3. The Balaban J connectivity index is 1.74. The van der Waals surface area contributed by atoms with Crippen LogP contribution in [-0.2, 0) is 0 Å². The minimum atomic E-state index is 0.895. The zero-order valence-corrected chi connectivity index (χ0v) is 13.3. The van der Waals surface area contributed by atoms with Crippen LogP contribution in [0.1, 0.15) is 6.92 Å². The Kier molecular flexibility index (Phi) is 5.85. The van der Waals surface area contributed by atoms with Crippen LogP contribution in [0.4, 0.5) is 0 Å². The predicted octanol–water partition coefficient (Wildman–Crippen LogP) is 2.83. The van der Waals surface area contributed by atoms with E-state index in [4.69, 9.17) is 0 Å². The molecule has 2 rings (SSSR count). The van der Waals surface area contributed by atoms with E-state index in [1.54, 1.807) is 0 Å². The van der Waals surface area contributed by atoms with Gasteiger partial charge in [-0.3, -0.25) is 0 Å². The fraction of sp³-hybridized carbons (Fsp3) is 0.176. The molecule has 0 saturated heterocycles. The van der Waals surface area contributed by atoms with Crippen molar-refractivity contribution in [2.45, 2.75) is 19.0 Å². The first-order valence-corrected chi connectivity index (χ1v) is 8.99. The van der Waals surface area contributed by atoms with Crippen LogP contribution in [0.25, 0.3) is 0 Å². The van der Waals surface area contributed by atoms with Crippen molar-refractivity contribution in [3.8, 4) is 0 Å². The molecule has 0 N–H and O–H groups in total. The molecule has 0 aliphatic carbocycles. The molecule has 0 saturated carbocycles. The maximum atomic E-state index is 2.40. The van der Waals surface area contributed by atoms with E-state index < -0.39 is 0 Å². The second-order valence-corrected chi connectivity index (χ2v) is 7.14. The number of rotatable bonds is 6. The lowest BCUT2D eigenvalue weighted by molar-refractivity contribution is 1.34. The van der Waals surface area contributed by atoms with E-state index in [1.165, 1.54) is 28.0 Å². The summed E-state index contributed by atoms with van der Waals surface area (Å²) < 4.78 is 0. The molecule has 0 heterocycles. The average molecular weight is 279 g/mol. The van der Waals surface area contributed by atoms with Crippen molar-refractivity contribution >= 4 is 29.4 Å². The maximum Gasteiger partial charge on any atom is 0.0852 e. The second-order valence-electron chi connectivity index (χ2n) is 4.52. The zero-order valence-electron chi connectivity index (χ0n) is 11.3. The molecule has 0 spiro atoms. The fourth-order valence-electron chi connectivity index (χ4n) is 1.77. The van der Waals surface area contributed by atoms with Crippen LogP contribution in [0.2, 0.25) is 12.1 Å². The van der Waals surface area contributed by atoms with Crippen LogP contribution >= 0.6 is 0 Å². The quantitative estimate of drug-likeness (QED) is 0.563. The highest BCUT2D eigenvalue weighted by atomic mass is 28.2. The number of hydrogen-bond donors (Lipinski definition) is 0. The van der Waals surface area contributed by atoms with Crippen molar-refractivity contribution in [2.24, 2.45) is 0 Å². The van der Waals surface area contributed by atoms with Crippen LogP contribution in [0.5, 0.6) is 0 Å². The topological polar surface area (TPSA) is 0 Å². The van der Waals surface area contributed by atoms with Crippen molar-refractivity contribution in [3.63, 3.8) is 0 Å². The van der Waals surface area contributed by atoms with Crippen molar-refractivity contribution in [2.75, 3.05) is 0 Å². The third-order valence-corrected chi connectivity index (χ3v) is 5.50. The van der Waals surface area contributed by atoms with E-state index in [2.05, 4.69) is 73.7 Å². The van der Waals surface area contributed by atoms with E-state index in [9.17, 15) is 0 Å². The van der Waals surface area contributed by atoms with Gasteiger partial charge in [0, 0.05) is 0 Å². The summed E-state index contributed by atoms with van der Waals surface area (Å²) in [6.07, 6.45) is 2.40. The predicted molar refractivity (Wildman–Crippen MR) is 87.0 cm³/mol. The lowest BCUT2D eigenvalue weighted by Gasteiger charge is -2.01. The molecule has 4 radical (unpaired) electrons. The first kappa shape index (κ1) is 14.0. The van der Waals surface area contributed by atoms with E-state index in [0.717, 1.165) is 19.0 Å². The normalized spacial score (nSPS) is 11.5. The molecule has 0 bridgehead atoms. The molecule has 0 nitrogen and oxygen atoms in total. The smallest absolute Gasteiger partial charge is 0.0852 e. The molecule has 0 aromatic heterocycles. The minimum absolute atomic E-state index is 0.895. The summed E-state index contributed by atoms with van der Waals surface area (Å²) in [7, 11) is 1.79. The van der Waals surface area contributed by atoms with Gasteiger partial charge in [-0.15, -0.1) is 0 Å². The number of allylic oxidation sites excluding steroid dienone is 2. The molecular weight excluding hydrogens is 260 g/mol. The van der Waals surface area contributed by atoms with Gasteiger partial charge >= 0.3 is 0 Å². The molecule has 19 heavy (non-hydrogen) atoms. The Hall–Kier alpha value is -1.39. The fourth-order valence-corrected chi connectivity index (χ4v) is 3.94. The molecule has 0 aliphatic heterocycles. The summed E-state index contributed by atoms with van der Waals surface area (Å²) in [6, 6.07) is 23.9. The molecule has 0 fully saturated rings. The first-order chi connectivity index (χ1) is 9.34. The molecule has 0 unspecified atom stereocenters. The number of benzene rings is 2. The Labute approximate surface area is 121 Å². The molecule has 0 atom stereocenters. The SMILES string of the molecule is C/C(=C\C[Si]c1ccccc1)C[Si]c1ccccc1. The van der Waals surface area contributed by atoms with E-state index >= 15 is 0 Å². The Morgan fingerprint density at radius 1 is 0.842 bits per heavy atom. The van der Waals surface area contributed by atoms with Gasteiger partial charge in [0.2, 0.25) is 0 Å². The first-order valence-electron chi connectivity index (χ1n) is 6.58. The average Bonchev–Trinajstić information content (AvgIpc) is 2.47. The van der Waals surface area contributed by atoms with Crippen LogP contribution in [-0.4, -0.2) is 19.0 Å². The standard InChI is InChI=1S/C17H18Si2/c1-15(14-19-17-10-6-3-7-11-17)12-13-18-16-8-4-2-5-9-16/h2-12H,13-14H2,1H3/b15-12+. The van der Waals surface area contributed by atoms with Crippen LogP contribution in [0.3, 0.4) is 0 Å². The van der Waals surface area contributed by atoms with Crippen LogP contribution in [0.15, 0.2) is 72.3 Å². The van der Waals surface area contributed by atoms with Crippen LogP contribution < -0.4 is 10.4 Å². The van der Waals surface area contributed by atoms with E-state index in [1.807, 2.05) is 0 Å². The molecule has 94 valence electrons. The van der Waals surface area contributed by atoms with Gasteiger partial charge in [0.25, 0.3) is 0 Å². The van der Waals surface area contributed by atoms with Gasteiger partial charge in [0.05, 0.1) is 19.0 Å². The monoisotopic (exact) mass is 278 g/mol. The van der Waals surface area contributed by atoms with Crippen molar-refractivity contribution in [1.29, 1.82) is 0 Å². The van der Waals surface area contributed by atoms with Gasteiger partial charge in [-0.05, 0) is 19.0 Å². The Morgan fingerprint density at radius 2 is 1.37 bits per heavy atom. The molecular formula is C17H18Si2. The van der Waals surface area contributed by atoms with Gasteiger partial charge in [-0.25, -0.2) is 0 Å². The van der Waals surface area contributed by atoms with Gasteiger partial charge in [0.1, 0.15) is 0 Å². The van der Waals surface area contributed by atoms with Crippen molar-refractivity contribution in [3.05, 3.63) is 72.3 Å². The highest BCUT2D eigenvalue weighted by molar-refractivity contribution is 6.54. The molecule has 2 aromatic rings. The minimum Gasteiger partial charge on any atom is -0.0886 e. The lowest BCUT2D eigenvalue weighted by atomic mass is 10.3. The van der Waals surface area contributed by atoms with E-state index in [-0.39, 0.29) is 0 Å². The Morgan fingerprint density at radius 3 is 1.95 bits per heavy atom. The molecule has 0 amide bonds. The highest BCUT2D eigenvalue weighted by Crippen LogP contribution is 2.02. The summed E-state index contributed by atoms with van der Waals surface area (Å²) in [6.45, 7) is 2.26. The molecule has 2 heteroatoms. The summed E-state index contributed by atoms with van der Waals surface area (Å²) in [5, 5.41) is 2.91. The molecule has 2 aromatic carbocycles. The largest absolute Gasteiger partial charge is 0.0886 e. The second kappa shape index (κ2) is 7.92. The third kappa shape index (κ3) is 5.41. The van der Waals surface area contributed by atoms with Crippen molar-refractivity contribution < 1.29 is 0 Å². The van der Waals surface area contributed by atoms with Gasteiger partial charge < -0.3 is 0 Å². The Bertz CT molecular complexity index is 503. The third-order valence-electron chi connectivity index (χ3n) is 2.88. The van der Waals surface area contributed by atoms with Gasteiger partial charge in [0.15, 0.2) is 0 Å². The summed E-state index contributed by atoms with van der Waals surface area (Å²) in [5.74, 6) is 0. The highest BCUT2D eigenvalue weighted by Gasteiger charge is 1.96. The number of hydrogen-bond acceptors (Lipinski definition) is 0. The molecule has 0 aliphatic rings. The summed E-state index contributed by atoms with van der Waals surface area (Å²) in [4.78, 5) is 0. The van der Waals surface area contributed by atoms with Crippen LogP contribution in [0, 0.1) is 0 Å². The van der Waals surface area contributed by atoms with Gasteiger partial charge in [-0.1, -0.05) is 82.7 Å². The maximum absolute atomic E-state index is 2.40. The van der Waals surface area contributed by atoms with E-state index in [0.29, 0.717) is 0 Å².